The Morgan fingerprint density at radius 2 is 2.20 bits per heavy atom. The van der Waals surface area contributed by atoms with Crippen LogP contribution in [0.2, 0.25) is 0 Å². The van der Waals surface area contributed by atoms with Crippen LogP contribution in [0.15, 0.2) is 0 Å². The van der Waals surface area contributed by atoms with Crippen LogP contribution in [0.4, 0.5) is 0 Å². The number of hydrogen-bond acceptors (Lipinski definition) is 4. The number of hydrogen-bond donors (Lipinski definition) is 4. The van der Waals surface area contributed by atoms with E-state index in [1.165, 1.54) is 0 Å². The summed E-state index contributed by atoms with van der Waals surface area (Å²) >= 11 is 0. The molecule has 0 aromatic carbocycles. The molecule has 0 radical (unpaired) electrons. The number of aliphatic hydroxyl groups is 2. The molecule has 5 heteroatoms. The van der Waals surface area contributed by atoms with Crippen molar-refractivity contribution in [1.29, 1.82) is 0 Å². The zero-order valence-electron chi connectivity index (χ0n) is 5.24. The Morgan fingerprint density at radius 1 is 1.60 bits per heavy atom. The van der Waals surface area contributed by atoms with Crippen molar-refractivity contribution < 1.29 is 20.1 Å². The average molecular weight is 147 g/mol. The number of nitrogens with one attached hydrogen (secondary N) is 1. The monoisotopic (exact) mass is 147 g/mol. The van der Waals surface area contributed by atoms with Crippen LogP contribution < -0.4 is 5.32 Å². The summed E-state index contributed by atoms with van der Waals surface area (Å²) in [7, 11) is 0. The first-order chi connectivity index (χ1) is 4.51. The van der Waals surface area contributed by atoms with Crippen molar-refractivity contribution in [2.24, 2.45) is 0 Å². The third-order valence-electron chi connectivity index (χ3n) is 1.49. The van der Waals surface area contributed by atoms with Crippen molar-refractivity contribution in [3.05, 3.63) is 0 Å². The van der Waals surface area contributed by atoms with Gasteiger partial charge in [-0.3, -0.25) is 10.1 Å². The van der Waals surface area contributed by atoms with Crippen molar-refractivity contribution in [3.8, 4) is 0 Å². The van der Waals surface area contributed by atoms with Gasteiger partial charge in [0, 0.05) is 6.42 Å². The Hall–Kier alpha value is -0.650. The number of carboxylic acid groups (broad SMARTS) is 1. The fourth-order valence-corrected chi connectivity index (χ4v) is 0.954. The summed E-state index contributed by atoms with van der Waals surface area (Å²) < 4.78 is 0. The van der Waals surface area contributed by atoms with Crippen molar-refractivity contribution in [1.82, 2.24) is 5.32 Å². The highest BCUT2D eigenvalue weighted by molar-refractivity contribution is 5.73. The van der Waals surface area contributed by atoms with Crippen LogP contribution in [0, 0.1) is 0 Å². The minimum absolute atomic E-state index is 0.0595. The molecule has 1 fully saturated rings. The number of carbonyl (C=O) groups is 1. The van der Waals surface area contributed by atoms with E-state index in [1.807, 2.05) is 0 Å². The molecule has 0 aliphatic carbocycles. The van der Waals surface area contributed by atoms with Crippen LogP contribution in [-0.4, -0.2) is 33.2 Å². The summed E-state index contributed by atoms with van der Waals surface area (Å²) in [4.78, 5) is 10.2. The molecule has 1 rings (SSSR count). The highest BCUT2D eigenvalue weighted by Crippen LogP contribution is 2.17. The Balaban J connectivity index is 2.51. The van der Waals surface area contributed by atoms with Gasteiger partial charge in [-0.1, -0.05) is 0 Å². The second-order valence-electron chi connectivity index (χ2n) is 2.39. The zero-order valence-corrected chi connectivity index (χ0v) is 5.24. The highest BCUT2D eigenvalue weighted by Gasteiger charge is 2.37. The molecular formula is C5H9NO4. The average Bonchev–Trinajstić information content (AvgIpc) is 2.10. The lowest BCUT2D eigenvalue weighted by Crippen LogP contribution is -2.45. The Bertz CT molecular complexity index is 156. The first kappa shape index (κ1) is 7.46. The summed E-state index contributed by atoms with van der Waals surface area (Å²) in [6.45, 7) is 0. The van der Waals surface area contributed by atoms with Gasteiger partial charge in [-0.05, 0) is 6.42 Å². The quantitative estimate of drug-likeness (QED) is 0.337. The van der Waals surface area contributed by atoms with Gasteiger partial charge in [0.2, 0.25) is 5.91 Å². The first-order valence-electron chi connectivity index (χ1n) is 2.96. The van der Waals surface area contributed by atoms with Gasteiger partial charge in [0.05, 0.1) is 0 Å². The largest absolute Gasteiger partial charge is 0.480 e. The van der Waals surface area contributed by atoms with Gasteiger partial charge < -0.3 is 15.3 Å². The molecule has 1 heterocycles. The molecule has 58 valence electrons. The van der Waals surface area contributed by atoms with Crippen molar-refractivity contribution >= 4 is 5.97 Å². The minimum atomic E-state index is -1.98. The molecule has 1 aliphatic rings. The second-order valence-corrected chi connectivity index (χ2v) is 2.39. The summed E-state index contributed by atoms with van der Waals surface area (Å²) in [6, 6.07) is -0.824. The standard InChI is InChI=1S/C5H9NO4/c7-4(8)3-1-2-5(9,10)6-3/h3,6,9-10H,1-2H2,(H,7,8)/t3-/m0/s1. The van der Waals surface area contributed by atoms with Gasteiger partial charge in [0.15, 0.2) is 0 Å². The maximum atomic E-state index is 10.2. The van der Waals surface area contributed by atoms with Gasteiger partial charge in [-0.25, -0.2) is 0 Å². The predicted octanol–water partition coefficient (Wildman–Crippen LogP) is -1.54. The first-order valence-corrected chi connectivity index (χ1v) is 2.96. The van der Waals surface area contributed by atoms with E-state index in [9.17, 15) is 4.79 Å². The smallest absolute Gasteiger partial charge is 0.320 e. The summed E-state index contributed by atoms with van der Waals surface area (Å²) in [5.74, 6) is -3.03. The third kappa shape index (κ3) is 1.44. The second kappa shape index (κ2) is 2.19. The zero-order chi connectivity index (χ0) is 7.78. The van der Waals surface area contributed by atoms with Crippen LogP contribution >= 0.6 is 0 Å². The van der Waals surface area contributed by atoms with Crippen LogP contribution in [0.1, 0.15) is 12.8 Å². The van der Waals surface area contributed by atoms with E-state index in [0.717, 1.165) is 0 Å². The van der Waals surface area contributed by atoms with E-state index in [4.69, 9.17) is 15.3 Å². The summed E-state index contributed by atoms with van der Waals surface area (Å²) in [6.07, 6.45) is 0.312. The number of carboxylic acids is 1. The minimum Gasteiger partial charge on any atom is -0.480 e. The molecule has 10 heavy (non-hydrogen) atoms. The van der Waals surface area contributed by atoms with Crippen LogP contribution in [0.3, 0.4) is 0 Å². The van der Waals surface area contributed by atoms with Gasteiger partial charge in [-0.2, -0.15) is 0 Å². The molecule has 1 aliphatic heterocycles. The Kier molecular flexibility index (Phi) is 1.63. The molecule has 4 N–H and O–H groups in total. The number of aliphatic carboxylic acids is 1. The van der Waals surface area contributed by atoms with Gasteiger partial charge in [0.25, 0.3) is 0 Å². The lowest BCUT2D eigenvalue weighted by atomic mass is 10.2. The SMILES string of the molecule is O=C(O)[C@@H]1CCC(O)(O)N1. The molecule has 0 spiro atoms. The lowest BCUT2D eigenvalue weighted by Gasteiger charge is -2.14. The molecule has 1 atom stereocenters. The van der Waals surface area contributed by atoms with E-state index >= 15 is 0 Å². The van der Waals surface area contributed by atoms with E-state index in [2.05, 4.69) is 5.32 Å². The predicted molar refractivity (Wildman–Crippen MR) is 31.0 cm³/mol. The fraction of sp³-hybridized carbons (Fsp3) is 0.800. The topological polar surface area (TPSA) is 89.8 Å². The normalized spacial score (nSPS) is 30.4. The fourth-order valence-electron chi connectivity index (χ4n) is 0.954. The van der Waals surface area contributed by atoms with Gasteiger partial charge in [-0.15, -0.1) is 0 Å². The van der Waals surface area contributed by atoms with E-state index in [1.54, 1.807) is 0 Å². The third-order valence-corrected chi connectivity index (χ3v) is 1.49. The maximum Gasteiger partial charge on any atom is 0.320 e. The molecule has 0 amide bonds. The van der Waals surface area contributed by atoms with Crippen LogP contribution in [0.25, 0.3) is 0 Å². The van der Waals surface area contributed by atoms with E-state index in [-0.39, 0.29) is 12.8 Å². The van der Waals surface area contributed by atoms with E-state index < -0.39 is 17.9 Å². The molecule has 5 nitrogen and oxygen atoms in total. The molecule has 1 saturated heterocycles. The van der Waals surface area contributed by atoms with Crippen molar-refractivity contribution in [2.75, 3.05) is 0 Å². The molecular weight excluding hydrogens is 138 g/mol. The maximum absolute atomic E-state index is 10.2. The van der Waals surface area contributed by atoms with Crippen LogP contribution in [0.5, 0.6) is 0 Å². The number of rotatable bonds is 1. The Morgan fingerprint density at radius 3 is 2.40 bits per heavy atom. The molecule has 0 bridgehead atoms. The lowest BCUT2D eigenvalue weighted by molar-refractivity contribution is -0.177. The van der Waals surface area contributed by atoms with Gasteiger partial charge >= 0.3 is 5.97 Å². The van der Waals surface area contributed by atoms with E-state index in [0.29, 0.717) is 0 Å². The molecule has 0 saturated carbocycles. The molecule has 0 unspecified atom stereocenters. The summed E-state index contributed by atoms with van der Waals surface area (Å²) in [5, 5.41) is 28.1. The van der Waals surface area contributed by atoms with Crippen molar-refractivity contribution in [3.63, 3.8) is 0 Å². The summed E-state index contributed by atoms with van der Waals surface area (Å²) in [5.41, 5.74) is 0. The Labute approximate surface area is 57.3 Å². The molecule has 0 aromatic heterocycles. The van der Waals surface area contributed by atoms with Crippen LogP contribution in [-0.2, 0) is 4.79 Å². The molecule has 0 aromatic rings. The van der Waals surface area contributed by atoms with Gasteiger partial charge in [0.1, 0.15) is 6.04 Å². The highest BCUT2D eigenvalue weighted by atomic mass is 16.5. The van der Waals surface area contributed by atoms with Crippen molar-refractivity contribution in [2.45, 2.75) is 24.8 Å².